The second kappa shape index (κ2) is 5.51. The minimum absolute atomic E-state index is 0.240. The molecule has 1 saturated carbocycles. The van der Waals surface area contributed by atoms with Crippen molar-refractivity contribution in [3.05, 3.63) is 21.3 Å². The maximum atomic E-state index is 12.1. The number of rotatable bonds is 3. The molecule has 2 atom stereocenters. The van der Waals surface area contributed by atoms with Crippen LogP contribution in [0, 0.1) is 5.41 Å². The van der Waals surface area contributed by atoms with Gasteiger partial charge in [-0.1, -0.05) is 24.4 Å². The summed E-state index contributed by atoms with van der Waals surface area (Å²) in [6.45, 7) is 1.71. The Kier molecular flexibility index (Phi) is 4.16. The third-order valence-electron chi connectivity index (χ3n) is 3.80. The van der Waals surface area contributed by atoms with Crippen molar-refractivity contribution in [2.75, 3.05) is 0 Å². The number of nitrogens with one attached hydrogen (secondary N) is 1. The Morgan fingerprint density at radius 1 is 1.47 bits per heavy atom. The molecule has 0 radical (unpaired) electrons. The number of amides is 1. The van der Waals surface area contributed by atoms with Crippen LogP contribution < -0.4 is 5.32 Å². The molecule has 104 valence electrons. The van der Waals surface area contributed by atoms with E-state index >= 15 is 0 Å². The van der Waals surface area contributed by atoms with Gasteiger partial charge in [-0.25, -0.2) is 0 Å². The van der Waals surface area contributed by atoms with Crippen LogP contribution in [0.25, 0.3) is 0 Å². The highest BCUT2D eigenvalue weighted by atomic mass is 35.5. The molecular formula is C13H16ClNO3S. The molecule has 1 heterocycles. The number of hydrogen-bond donors (Lipinski definition) is 2. The summed E-state index contributed by atoms with van der Waals surface area (Å²) < 4.78 is 0.551. The van der Waals surface area contributed by atoms with Crippen LogP contribution in [-0.4, -0.2) is 23.0 Å². The fourth-order valence-electron chi connectivity index (χ4n) is 2.49. The summed E-state index contributed by atoms with van der Waals surface area (Å²) in [7, 11) is 0. The quantitative estimate of drug-likeness (QED) is 0.901. The first kappa shape index (κ1) is 14.3. The molecule has 0 aliphatic heterocycles. The molecule has 0 aromatic carbocycles. The van der Waals surface area contributed by atoms with Gasteiger partial charge in [-0.05, 0) is 31.9 Å². The highest BCUT2D eigenvalue weighted by Crippen LogP contribution is 2.36. The summed E-state index contributed by atoms with van der Waals surface area (Å²) >= 11 is 7.00. The van der Waals surface area contributed by atoms with Crippen LogP contribution in [0.2, 0.25) is 4.34 Å². The average Bonchev–Trinajstić information content (AvgIpc) is 2.79. The summed E-state index contributed by atoms with van der Waals surface area (Å²) in [6.07, 6.45) is 3.13. The van der Waals surface area contributed by atoms with Crippen LogP contribution in [-0.2, 0) is 4.79 Å². The van der Waals surface area contributed by atoms with Gasteiger partial charge in [0, 0.05) is 6.04 Å². The Labute approximate surface area is 120 Å². The van der Waals surface area contributed by atoms with Gasteiger partial charge in [0.05, 0.1) is 14.6 Å². The molecule has 0 saturated heterocycles. The minimum atomic E-state index is -0.880. The minimum Gasteiger partial charge on any atom is -0.481 e. The maximum absolute atomic E-state index is 12.1. The van der Waals surface area contributed by atoms with Crippen molar-refractivity contribution in [3.63, 3.8) is 0 Å². The fourth-order valence-corrected chi connectivity index (χ4v) is 3.43. The highest BCUT2D eigenvalue weighted by molar-refractivity contribution is 7.17. The smallest absolute Gasteiger partial charge is 0.311 e. The summed E-state index contributed by atoms with van der Waals surface area (Å²) in [5.41, 5.74) is -0.880. The maximum Gasteiger partial charge on any atom is 0.311 e. The van der Waals surface area contributed by atoms with Gasteiger partial charge < -0.3 is 10.4 Å². The van der Waals surface area contributed by atoms with E-state index in [1.54, 1.807) is 19.1 Å². The van der Waals surface area contributed by atoms with E-state index in [0.29, 0.717) is 22.1 Å². The molecule has 2 unspecified atom stereocenters. The van der Waals surface area contributed by atoms with Crippen molar-refractivity contribution in [2.45, 2.75) is 38.6 Å². The van der Waals surface area contributed by atoms with Crippen LogP contribution in [0.1, 0.15) is 42.3 Å². The van der Waals surface area contributed by atoms with Gasteiger partial charge in [0.1, 0.15) is 0 Å². The molecule has 1 aliphatic carbocycles. The lowest BCUT2D eigenvalue weighted by Crippen LogP contribution is -2.52. The molecule has 1 amide bonds. The Hall–Kier alpha value is -1.07. The molecule has 1 aliphatic rings. The van der Waals surface area contributed by atoms with Crippen LogP contribution in [0.5, 0.6) is 0 Å². The lowest BCUT2D eigenvalue weighted by Gasteiger charge is -2.38. The largest absolute Gasteiger partial charge is 0.481 e. The summed E-state index contributed by atoms with van der Waals surface area (Å²) in [6, 6.07) is 2.99. The topological polar surface area (TPSA) is 66.4 Å². The Morgan fingerprint density at radius 2 is 2.21 bits per heavy atom. The van der Waals surface area contributed by atoms with Crippen molar-refractivity contribution in [2.24, 2.45) is 5.41 Å². The second-order valence-electron chi connectivity index (χ2n) is 5.10. The van der Waals surface area contributed by atoms with Gasteiger partial charge in [0.25, 0.3) is 5.91 Å². The molecule has 2 rings (SSSR count). The highest BCUT2D eigenvalue weighted by Gasteiger charge is 2.43. The first-order chi connectivity index (χ1) is 8.93. The van der Waals surface area contributed by atoms with Crippen molar-refractivity contribution in [1.82, 2.24) is 5.32 Å². The van der Waals surface area contributed by atoms with Crippen molar-refractivity contribution < 1.29 is 14.7 Å². The Morgan fingerprint density at radius 3 is 2.79 bits per heavy atom. The molecular weight excluding hydrogens is 286 g/mol. The first-order valence-corrected chi connectivity index (χ1v) is 7.42. The number of carboxylic acid groups (broad SMARTS) is 1. The number of carbonyl (C=O) groups is 2. The molecule has 0 bridgehead atoms. The van der Waals surface area contributed by atoms with E-state index < -0.39 is 11.4 Å². The lowest BCUT2D eigenvalue weighted by atomic mass is 9.71. The van der Waals surface area contributed by atoms with E-state index in [-0.39, 0.29) is 11.9 Å². The third kappa shape index (κ3) is 2.92. The van der Waals surface area contributed by atoms with E-state index in [2.05, 4.69) is 5.32 Å². The van der Waals surface area contributed by atoms with Crippen molar-refractivity contribution in [1.29, 1.82) is 0 Å². The fraction of sp³-hybridized carbons (Fsp3) is 0.538. The van der Waals surface area contributed by atoms with E-state index in [9.17, 15) is 14.7 Å². The SMILES string of the molecule is CC1(C(=O)O)CCCCC1NC(=O)c1ccc(Cl)s1. The molecule has 1 fully saturated rings. The predicted octanol–water partition coefficient (Wildman–Crippen LogP) is 3.16. The number of halogens is 1. The zero-order valence-corrected chi connectivity index (χ0v) is 12.2. The standard InChI is InChI=1S/C13H16ClNO3S/c1-13(12(17)18)7-3-2-4-9(13)15-11(16)8-5-6-10(14)19-8/h5-6,9H,2-4,7H2,1H3,(H,15,16)(H,17,18). The van der Waals surface area contributed by atoms with Gasteiger partial charge >= 0.3 is 5.97 Å². The Balaban J connectivity index is 2.12. The normalized spacial score (nSPS) is 26.9. The number of hydrogen-bond acceptors (Lipinski definition) is 3. The van der Waals surface area contributed by atoms with Crippen LogP contribution in [0.4, 0.5) is 0 Å². The van der Waals surface area contributed by atoms with Gasteiger partial charge in [0.2, 0.25) is 0 Å². The summed E-state index contributed by atoms with van der Waals surface area (Å²) in [5.74, 6) is -1.09. The van der Waals surface area contributed by atoms with Gasteiger partial charge in [-0.2, -0.15) is 0 Å². The van der Waals surface area contributed by atoms with Crippen LogP contribution in [0.3, 0.4) is 0 Å². The Bertz CT molecular complexity index is 502. The van der Waals surface area contributed by atoms with Crippen molar-refractivity contribution in [3.8, 4) is 0 Å². The first-order valence-electron chi connectivity index (χ1n) is 6.23. The van der Waals surface area contributed by atoms with Crippen molar-refractivity contribution >= 4 is 34.8 Å². The zero-order chi connectivity index (χ0) is 14.0. The molecule has 1 aromatic rings. The summed E-state index contributed by atoms with van der Waals surface area (Å²) in [4.78, 5) is 24.0. The van der Waals surface area contributed by atoms with E-state index in [1.165, 1.54) is 11.3 Å². The number of aliphatic carboxylic acids is 1. The number of thiophene rings is 1. The van der Waals surface area contributed by atoms with E-state index in [0.717, 1.165) is 12.8 Å². The number of carbonyl (C=O) groups excluding carboxylic acids is 1. The predicted molar refractivity (Wildman–Crippen MR) is 74.8 cm³/mol. The number of carboxylic acids is 1. The van der Waals surface area contributed by atoms with E-state index in [4.69, 9.17) is 11.6 Å². The second-order valence-corrected chi connectivity index (χ2v) is 6.81. The molecule has 0 spiro atoms. The van der Waals surface area contributed by atoms with E-state index in [1.807, 2.05) is 0 Å². The van der Waals surface area contributed by atoms with Gasteiger partial charge in [-0.3, -0.25) is 9.59 Å². The summed E-state index contributed by atoms with van der Waals surface area (Å²) in [5, 5.41) is 12.2. The average molecular weight is 302 g/mol. The van der Waals surface area contributed by atoms with Crippen LogP contribution in [0.15, 0.2) is 12.1 Å². The lowest BCUT2D eigenvalue weighted by molar-refractivity contribution is -0.151. The molecule has 19 heavy (non-hydrogen) atoms. The molecule has 4 nitrogen and oxygen atoms in total. The van der Waals surface area contributed by atoms with Gasteiger partial charge in [0.15, 0.2) is 0 Å². The zero-order valence-electron chi connectivity index (χ0n) is 10.6. The third-order valence-corrected chi connectivity index (χ3v) is 5.03. The molecule has 1 aromatic heterocycles. The van der Waals surface area contributed by atoms with Crippen LogP contribution >= 0.6 is 22.9 Å². The molecule has 2 N–H and O–H groups in total. The molecule has 6 heteroatoms. The monoisotopic (exact) mass is 301 g/mol. The van der Waals surface area contributed by atoms with Gasteiger partial charge in [-0.15, -0.1) is 11.3 Å².